The number of hydrogen-bond donors (Lipinski definition) is 3. The number of ether oxygens (including phenoxy) is 2. The van der Waals surface area contributed by atoms with Crippen LogP contribution >= 0.6 is 0 Å². The van der Waals surface area contributed by atoms with E-state index in [1.807, 2.05) is 30.3 Å². The van der Waals surface area contributed by atoms with E-state index in [9.17, 15) is 8.42 Å². The van der Waals surface area contributed by atoms with Gasteiger partial charge in [-0.1, -0.05) is 19.8 Å². The molecule has 0 aliphatic carbocycles. The average molecular weight is 489 g/mol. The lowest BCUT2D eigenvalue weighted by Crippen LogP contribution is -2.36. The van der Waals surface area contributed by atoms with Crippen molar-refractivity contribution in [3.63, 3.8) is 0 Å². The first-order valence-electron chi connectivity index (χ1n) is 11.1. The van der Waals surface area contributed by atoms with E-state index < -0.39 is 10.0 Å². The van der Waals surface area contributed by atoms with E-state index in [2.05, 4.69) is 37.2 Å². The van der Waals surface area contributed by atoms with E-state index in [1.165, 1.54) is 0 Å². The lowest BCUT2D eigenvalue weighted by molar-refractivity contribution is 0.391. The Morgan fingerprint density at radius 1 is 1.12 bits per heavy atom. The van der Waals surface area contributed by atoms with Gasteiger partial charge in [-0.15, -0.1) is 0 Å². The molecule has 0 bridgehead atoms. The van der Waals surface area contributed by atoms with Crippen LogP contribution < -0.4 is 24.8 Å². The maximum atomic E-state index is 11.6. The quantitative estimate of drug-likeness (QED) is 0.332. The van der Waals surface area contributed by atoms with Crippen molar-refractivity contribution in [3.05, 3.63) is 42.1 Å². The molecular formula is C23H32N6O4S. The van der Waals surface area contributed by atoms with Crippen LogP contribution in [-0.2, 0) is 16.6 Å². The van der Waals surface area contributed by atoms with Crippen molar-refractivity contribution in [1.82, 2.24) is 19.7 Å². The summed E-state index contributed by atoms with van der Waals surface area (Å²) in [6.07, 6.45) is 5.56. The van der Waals surface area contributed by atoms with Gasteiger partial charge in [0.1, 0.15) is 17.0 Å². The van der Waals surface area contributed by atoms with E-state index in [0.29, 0.717) is 40.8 Å². The molecule has 0 aliphatic heterocycles. The molecule has 3 rings (SSSR count). The van der Waals surface area contributed by atoms with Gasteiger partial charge in [0.05, 0.1) is 26.0 Å². The molecule has 0 fully saturated rings. The average Bonchev–Trinajstić information content (AvgIpc) is 2.83. The van der Waals surface area contributed by atoms with Crippen LogP contribution in [-0.4, -0.2) is 56.4 Å². The van der Waals surface area contributed by atoms with Gasteiger partial charge in [0, 0.05) is 37.0 Å². The number of rotatable bonds is 13. The minimum Gasteiger partial charge on any atom is -0.497 e. The molecule has 2 aromatic heterocycles. The summed E-state index contributed by atoms with van der Waals surface area (Å²) in [4.78, 5) is 13.7. The molecule has 1 atom stereocenters. The van der Waals surface area contributed by atoms with Gasteiger partial charge >= 0.3 is 0 Å². The van der Waals surface area contributed by atoms with Crippen molar-refractivity contribution in [2.75, 3.05) is 37.7 Å². The predicted octanol–water partition coefficient (Wildman–Crippen LogP) is 3.17. The normalized spacial score (nSPS) is 12.4. The highest BCUT2D eigenvalue weighted by Gasteiger charge is 2.16. The molecule has 34 heavy (non-hydrogen) atoms. The molecule has 11 heteroatoms. The Labute approximate surface area is 200 Å². The fourth-order valence-electron chi connectivity index (χ4n) is 3.44. The molecule has 0 amide bonds. The highest BCUT2D eigenvalue weighted by molar-refractivity contribution is 7.88. The molecule has 0 aliphatic rings. The van der Waals surface area contributed by atoms with Crippen LogP contribution in [0.25, 0.3) is 11.0 Å². The summed E-state index contributed by atoms with van der Waals surface area (Å²) in [6.45, 7) is 2.79. The molecule has 10 nitrogen and oxygen atoms in total. The van der Waals surface area contributed by atoms with Gasteiger partial charge in [-0.3, -0.25) is 4.98 Å². The summed E-state index contributed by atoms with van der Waals surface area (Å²) in [6, 6.07) is 9.14. The van der Waals surface area contributed by atoms with Gasteiger partial charge in [0.15, 0.2) is 5.82 Å². The summed E-state index contributed by atoms with van der Waals surface area (Å²) >= 11 is 0. The van der Waals surface area contributed by atoms with E-state index in [0.717, 1.165) is 31.1 Å². The standard InChI is InChI=1S/C23H32N6O4S/c1-5-6-8-17(15-26-34(4,30)31)27-22-21-19(9-7-12-24-21)28-23(29-22)25-14-16-10-11-18(32-2)13-20(16)33-3/h7,9-13,17,26H,5-6,8,14-15H2,1-4H3,(H2,25,27,28,29). The highest BCUT2D eigenvalue weighted by atomic mass is 32.2. The van der Waals surface area contributed by atoms with Crippen molar-refractivity contribution in [2.45, 2.75) is 38.8 Å². The lowest BCUT2D eigenvalue weighted by atomic mass is 10.1. The number of unbranched alkanes of at least 4 members (excludes halogenated alkanes) is 1. The Balaban J connectivity index is 1.85. The van der Waals surface area contributed by atoms with Crippen molar-refractivity contribution < 1.29 is 17.9 Å². The number of fused-ring (bicyclic) bond motifs is 1. The minimum absolute atomic E-state index is 0.149. The first-order valence-corrected chi connectivity index (χ1v) is 13.0. The van der Waals surface area contributed by atoms with Gasteiger partial charge in [0.2, 0.25) is 16.0 Å². The summed E-state index contributed by atoms with van der Waals surface area (Å²) in [7, 11) is -0.0905. The van der Waals surface area contributed by atoms with Crippen molar-refractivity contribution >= 4 is 32.8 Å². The molecule has 3 aromatic rings. The first kappa shape index (κ1) is 25.4. The summed E-state index contributed by atoms with van der Waals surface area (Å²) in [5, 5.41) is 6.64. The predicted molar refractivity (Wildman–Crippen MR) is 134 cm³/mol. The fraction of sp³-hybridized carbons (Fsp3) is 0.435. The van der Waals surface area contributed by atoms with Gasteiger partial charge in [-0.05, 0) is 30.7 Å². The second-order valence-electron chi connectivity index (χ2n) is 7.90. The third-order valence-corrected chi connectivity index (χ3v) is 5.92. The Morgan fingerprint density at radius 3 is 2.65 bits per heavy atom. The zero-order valence-corrected chi connectivity index (χ0v) is 20.8. The Kier molecular flexibility index (Phi) is 8.83. The maximum Gasteiger partial charge on any atom is 0.225 e. The van der Waals surface area contributed by atoms with Gasteiger partial charge in [-0.2, -0.15) is 4.98 Å². The fourth-order valence-corrected chi connectivity index (χ4v) is 3.94. The number of sulfonamides is 1. The topological polar surface area (TPSA) is 127 Å². The smallest absolute Gasteiger partial charge is 0.225 e. The number of nitrogens with zero attached hydrogens (tertiary/aromatic N) is 3. The van der Waals surface area contributed by atoms with Gasteiger partial charge < -0.3 is 20.1 Å². The highest BCUT2D eigenvalue weighted by Crippen LogP contribution is 2.26. The second-order valence-corrected chi connectivity index (χ2v) is 9.74. The second kappa shape index (κ2) is 11.8. The molecule has 0 saturated carbocycles. The molecule has 0 radical (unpaired) electrons. The number of nitrogens with one attached hydrogen (secondary N) is 3. The summed E-state index contributed by atoms with van der Waals surface area (Å²) in [5.41, 5.74) is 2.22. The minimum atomic E-state index is -3.31. The van der Waals surface area contributed by atoms with E-state index in [-0.39, 0.29) is 12.6 Å². The molecule has 0 spiro atoms. The zero-order valence-electron chi connectivity index (χ0n) is 20.0. The van der Waals surface area contributed by atoms with Gasteiger partial charge in [-0.25, -0.2) is 18.1 Å². The number of hydrogen-bond acceptors (Lipinski definition) is 9. The van der Waals surface area contributed by atoms with E-state index in [1.54, 1.807) is 20.4 Å². The first-order chi connectivity index (χ1) is 16.3. The van der Waals surface area contributed by atoms with Crippen LogP contribution in [0.15, 0.2) is 36.5 Å². The lowest BCUT2D eigenvalue weighted by Gasteiger charge is -2.20. The Hall–Kier alpha value is -3.18. The number of methoxy groups -OCH3 is 2. The number of anilines is 2. The Morgan fingerprint density at radius 2 is 1.94 bits per heavy atom. The SMILES string of the molecule is CCCCC(CNS(C)(=O)=O)Nc1nc(NCc2ccc(OC)cc2OC)nc2cccnc12. The third-order valence-electron chi connectivity index (χ3n) is 5.22. The monoisotopic (exact) mass is 488 g/mol. The largest absolute Gasteiger partial charge is 0.497 e. The molecule has 184 valence electrons. The van der Waals surface area contributed by atoms with Crippen LogP contribution in [0.5, 0.6) is 11.5 Å². The van der Waals surface area contributed by atoms with Crippen LogP contribution in [0.4, 0.5) is 11.8 Å². The summed E-state index contributed by atoms with van der Waals surface area (Å²) < 4.78 is 36.6. The van der Waals surface area contributed by atoms with Crippen LogP contribution in [0.3, 0.4) is 0 Å². The van der Waals surface area contributed by atoms with E-state index >= 15 is 0 Å². The maximum absolute atomic E-state index is 11.6. The Bertz CT molecular complexity index is 1210. The number of aromatic nitrogens is 3. The molecular weight excluding hydrogens is 456 g/mol. The van der Waals surface area contributed by atoms with Crippen molar-refractivity contribution in [3.8, 4) is 11.5 Å². The third kappa shape index (κ3) is 7.16. The van der Waals surface area contributed by atoms with Crippen LogP contribution in [0, 0.1) is 0 Å². The van der Waals surface area contributed by atoms with Crippen LogP contribution in [0.2, 0.25) is 0 Å². The molecule has 1 unspecified atom stereocenters. The van der Waals surface area contributed by atoms with Crippen molar-refractivity contribution in [2.24, 2.45) is 0 Å². The summed E-state index contributed by atoms with van der Waals surface area (Å²) in [5.74, 6) is 2.37. The number of pyridine rings is 1. The molecule has 2 heterocycles. The molecule has 3 N–H and O–H groups in total. The van der Waals surface area contributed by atoms with Crippen LogP contribution in [0.1, 0.15) is 31.7 Å². The van der Waals surface area contributed by atoms with E-state index in [4.69, 9.17) is 9.47 Å². The molecule has 0 saturated heterocycles. The number of benzene rings is 1. The van der Waals surface area contributed by atoms with Crippen molar-refractivity contribution in [1.29, 1.82) is 0 Å². The zero-order chi connectivity index (χ0) is 24.6. The molecule has 1 aromatic carbocycles. The van der Waals surface area contributed by atoms with Gasteiger partial charge in [0.25, 0.3) is 0 Å².